The van der Waals surface area contributed by atoms with Crippen LogP contribution in [0.2, 0.25) is 0 Å². The second-order valence-corrected chi connectivity index (χ2v) is 1.40. The molecule has 0 amide bonds. The van der Waals surface area contributed by atoms with Crippen LogP contribution in [0.3, 0.4) is 0 Å². The number of likely N-dealkylation sites (N-methyl/N-ethyl adjacent to an activating group) is 1. The van der Waals surface area contributed by atoms with Crippen LogP contribution < -0.4 is 0 Å². The van der Waals surface area contributed by atoms with Gasteiger partial charge >= 0.3 is 6.18 Å². The third kappa shape index (κ3) is 3.07. The van der Waals surface area contributed by atoms with E-state index >= 15 is 0 Å². The molecular weight excluding hydrogens is 135 g/mol. The van der Waals surface area contributed by atoms with Gasteiger partial charge in [0.05, 0.1) is 0 Å². The van der Waals surface area contributed by atoms with Crippen molar-refractivity contribution in [2.24, 2.45) is 0 Å². The molecule has 0 saturated heterocycles. The summed E-state index contributed by atoms with van der Waals surface area (Å²) in [5.74, 6) is -1.80. The largest absolute Gasteiger partial charge is 0.659 e. The summed E-state index contributed by atoms with van der Waals surface area (Å²) < 4.78 is 33.7. The Bertz CT molecular complexity index is 109. The number of hydrogen-bond acceptors (Lipinski definition) is 1. The molecule has 0 rings (SSSR count). The summed E-state index contributed by atoms with van der Waals surface area (Å²) in [6.45, 7) is -0.774. The van der Waals surface area contributed by atoms with Crippen LogP contribution >= 0.6 is 0 Å². The van der Waals surface area contributed by atoms with E-state index in [2.05, 4.69) is 5.32 Å². The second-order valence-electron chi connectivity index (χ2n) is 1.40. The number of alkyl halides is 3. The lowest BCUT2D eigenvalue weighted by molar-refractivity contribution is -0.168. The fraction of sp³-hybridized carbons (Fsp3) is 0.750. The number of Topliss-reactive ketones (excluding diaryl/α,β-unsaturated/α-hetero) is 1. The molecule has 0 saturated carbocycles. The van der Waals surface area contributed by atoms with Gasteiger partial charge in [0.25, 0.3) is 0 Å². The molecule has 0 unspecified atom stereocenters. The summed E-state index contributed by atoms with van der Waals surface area (Å²) in [6, 6.07) is 0. The maximum Gasteiger partial charge on any atom is 0.448 e. The monoisotopic (exact) mass is 140 g/mol. The molecule has 0 aliphatic rings. The zero-order valence-electron chi connectivity index (χ0n) is 4.70. The molecule has 0 aromatic heterocycles. The first-order valence-corrected chi connectivity index (χ1v) is 2.14. The topological polar surface area (TPSA) is 31.2 Å². The normalized spacial score (nSPS) is 11.6. The first-order chi connectivity index (χ1) is 3.98. The fourth-order valence-electron chi connectivity index (χ4n) is 0.233. The quantitative estimate of drug-likeness (QED) is 0.565. The third-order valence-electron chi connectivity index (χ3n) is 0.618. The summed E-state index contributed by atoms with van der Waals surface area (Å²) in [7, 11) is 1.16. The Kier molecular flexibility index (Phi) is 2.64. The molecule has 0 spiro atoms. The number of rotatable bonds is 2. The van der Waals surface area contributed by atoms with Crippen molar-refractivity contribution in [2.45, 2.75) is 6.18 Å². The van der Waals surface area contributed by atoms with Gasteiger partial charge in [-0.05, 0) is 0 Å². The molecule has 0 radical (unpaired) electrons. The minimum atomic E-state index is -4.72. The van der Waals surface area contributed by atoms with Gasteiger partial charge < -0.3 is 5.32 Å². The lowest BCUT2D eigenvalue weighted by Crippen LogP contribution is -2.25. The van der Waals surface area contributed by atoms with Crippen LogP contribution in [0, 0.1) is 0 Å². The van der Waals surface area contributed by atoms with Gasteiger partial charge in [-0.25, -0.2) is 0 Å². The molecule has 0 bridgehead atoms. The smallest absolute Gasteiger partial charge is 0.448 e. The first kappa shape index (κ1) is 8.42. The number of nitrogens with zero attached hydrogens (tertiary/aromatic N) is 1. The van der Waals surface area contributed by atoms with Crippen LogP contribution in [-0.4, -0.2) is 25.6 Å². The van der Waals surface area contributed by atoms with Crippen molar-refractivity contribution in [2.75, 3.05) is 13.6 Å². The predicted octanol–water partition coefficient (Wildman–Crippen LogP) is 1.12. The number of halogens is 3. The van der Waals surface area contributed by atoms with Crippen molar-refractivity contribution < 1.29 is 18.0 Å². The van der Waals surface area contributed by atoms with Gasteiger partial charge in [-0.2, -0.15) is 20.2 Å². The molecule has 0 fully saturated rings. The van der Waals surface area contributed by atoms with Gasteiger partial charge in [0, 0.05) is 0 Å². The van der Waals surface area contributed by atoms with E-state index in [-0.39, 0.29) is 0 Å². The van der Waals surface area contributed by atoms with Crippen LogP contribution in [0.25, 0.3) is 5.32 Å². The summed E-state index contributed by atoms with van der Waals surface area (Å²) in [4.78, 5) is 9.85. The molecule has 0 heterocycles. The van der Waals surface area contributed by atoms with E-state index in [1.165, 1.54) is 0 Å². The van der Waals surface area contributed by atoms with E-state index in [4.69, 9.17) is 0 Å². The van der Waals surface area contributed by atoms with Crippen molar-refractivity contribution in [3.63, 3.8) is 0 Å². The van der Waals surface area contributed by atoms with E-state index < -0.39 is 18.5 Å². The molecule has 5 heteroatoms. The Hall–Kier alpha value is -0.580. The molecule has 0 aliphatic carbocycles. The van der Waals surface area contributed by atoms with Gasteiger partial charge in [0.2, 0.25) is 5.78 Å². The zero-order chi connectivity index (χ0) is 7.49. The van der Waals surface area contributed by atoms with Crippen molar-refractivity contribution in [1.29, 1.82) is 0 Å². The maximum atomic E-state index is 11.2. The van der Waals surface area contributed by atoms with E-state index in [0.29, 0.717) is 0 Å². The fourth-order valence-corrected chi connectivity index (χ4v) is 0.233. The summed E-state index contributed by atoms with van der Waals surface area (Å²) in [5, 5.41) is 3.03. The van der Waals surface area contributed by atoms with Crippen molar-refractivity contribution in [3.8, 4) is 0 Å². The van der Waals surface area contributed by atoms with Crippen molar-refractivity contribution in [1.82, 2.24) is 0 Å². The van der Waals surface area contributed by atoms with Gasteiger partial charge in [-0.15, -0.1) is 0 Å². The lowest BCUT2D eigenvalue weighted by atomic mass is 10.4. The number of hydrogen-bond donors (Lipinski definition) is 0. The van der Waals surface area contributed by atoms with Gasteiger partial charge in [-0.1, -0.05) is 6.54 Å². The SMILES string of the molecule is C[N-]CC(=O)C(F)(F)F. The Morgan fingerprint density at radius 3 is 2.11 bits per heavy atom. The van der Waals surface area contributed by atoms with Gasteiger partial charge in [-0.3, -0.25) is 4.79 Å². The highest BCUT2D eigenvalue weighted by Gasteiger charge is 2.34. The molecule has 0 aliphatic heterocycles. The number of ketones is 1. The van der Waals surface area contributed by atoms with Crippen LogP contribution in [0.15, 0.2) is 0 Å². The average Bonchev–Trinajstić information content (AvgIpc) is 1.64. The molecule has 2 nitrogen and oxygen atoms in total. The van der Waals surface area contributed by atoms with Gasteiger partial charge in [0.15, 0.2) is 0 Å². The lowest BCUT2D eigenvalue weighted by Gasteiger charge is -2.10. The van der Waals surface area contributed by atoms with E-state index in [9.17, 15) is 18.0 Å². The third-order valence-corrected chi connectivity index (χ3v) is 0.618. The summed E-state index contributed by atoms with van der Waals surface area (Å²) in [5.41, 5.74) is 0. The highest BCUT2D eigenvalue weighted by molar-refractivity contribution is 5.87. The molecule has 54 valence electrons. The Labute approximate surface area is 50.0 Å². The Morgan fingerprint density at radius 1 is 1.56 bits per heavy atom. The maximum absolute atomic E-state index is 11.2. The molecule has 0 atom stereocenters. The molecule has 0 aromatic rings. The second kappa shape index (κ2) is 2.82. The highest BCUT2D eigenvalue weighted by Crippen LogP contribution is 2.15. The molecule has 9 heavy (non-hydrogen) atoms. The van der Waals surface area contributed by atoms with Crippen LogP contribution in [0.5, 0.6) is 0 Å². The first-order valence-electron chi connectivity index (χ1n) is 2.14. The van der Waals surface area contributed by atoms with Crippen LogP contribution in [0.1, 0.15) is 0 Å². The zero-order valence-corrected chi connectivity index (χ0v) is 4.70. The number of carbonyl (C=O) groups excluding carboxylic acids is 1. The van der Waals surface area contributed by atoms with E-state index in [0.717, 1.165) is 7.05 Å². The molecule has 0 aromatic carbocycles. The highest BCUT2D eigenvalue weighted by atomic mass is 19.4. The van der Waals surface area contributed by atoms with Crippen LogP contribution in [0.4, 0.5) is 13.2 Å². The van der Waals surface area contributed by atoms with E-state index in [1.807, 2.05) is 0 Å². The van der Waals surface area contributed by atoms with Crippen molar-refractivity contribution in [3.05, 3.63) is 5.32 Å². The Balaban J connectivity index is 3.74. The average molecular weight is 140 g/mol. The molecular formula is C4H5F3NO-. The minimum Gasteiger partial charge on any atom is -0.659 e. The van der Waals surface area contributed by atoms with Crippen LogP contribution in [-0.2, 0) is 4.79 Å². The molecule has 0 N–H and O–H groups in total. The van der Waals surface area contributed by atoms with Gasteiger partial charge in [0.1, 0.15) is 0 Å². The Morgan fingerprint density at radius 2 is 2.00 bits per heavy atom. The summed E-state index contributed by atoms with van der Waals surface area (Å²) in [6.07, 6.45) is -4.72. The number of carbonyl (C=O) groups is 1. The minimum absolute atomic E-state index is 0.774. The summed E-state index contributed by atoms with van der Waals surface area (Å²) >= 11 is 0. The standard InChI is InChI=1S/C4H5F3NO/c1-8-2-3(9)4(5,6)7/h2H2,1H3/q-1. The van der Waals surface area contributed by atoms with Crippen molar-refractivity contribution >= 4 is 5.78 Å². The van der Waals surface area contributed by atoms with E-state index in [1.54, 1.807) is 0 Å². The predicted molar refractivity (Wildman–Crippen MR) is 25.2 cm³/mol.